The van der Waals surface area contributed by atoms with Gasteiger partial charge in [0.25, 0.3) is 0 Å². The average Bonchev–Trinajstić information content (AvgIpc) is 3.07. The van der Waals surface area contributed by atoms with Crippen LogP contribution in [0.5, 0.6) is 0 Å². The van der Waals surface area contributed by atoms with E-state index in [1.165, 1.54) is 0 Å². The lowest BCUT2D eigenvalue weighted by molar-refractivity contribution is -0.127. The number of carbonyl (C=O) groups excluding carboxylic acids is 1. The maximum absolute atomic E-state index is 13.0. The van der Waals surface area contributed by atoms with Crippen LogP contribution in [0.1, 0.15) is 49.8 Å². The largest absolute Gasteiger partial charge is 0.349 e. The molecule has 1 saturated carbocycles. The Bertz CT molecular complexity index is 615. The fraction of sp³-hybridized carbons (Fsp3) is 0.350. The molecular weight excluding hydrogens is 270 g/mol. The first-order chi connectivity index (χ1) is 10.7. The number of hydrogen-bond donors (Lipinski definition) is 1. The molecule has 0 spiro atoms. The number of benzene rings is 2. The summed E-state index contributed by atoms with van der Waals surface area (Å²) in [4.78, 5) is 13.0. The van der Waals surface area contributed by atoms with Crippen LogP contribution in [-0.4, -0.2) is 5.91 Å². The summed E-state index contributed by atoms with van der Waals surface area (Å²) >= 11 is 0. The normalized spacial score (nSPS) is 17.9. The van der Waals surface area contributed by atoms with Crippen molar-refractivity contribution in [3.63, 3.8) is 0 Å². The molecule has 0 heterocycles. The van der Waals surface area contributed by atoms with E-state index in [1.54, 1.807) is 0 Å². The van der Waals surface area contributed by atoms with E-state index in [1.807, 2.05) is 36.4 Å². The van der Waals surface area contributed by atoms with Gasteiger partial charge in [-0.2, -0.15) is 0 Å². The Kier molecular flexibility index (Phi) is 4.28. The molecule has 2 aromatic carbocycles. The molecule has 3 rings (SSSR count). The molecule has 2 heteroatoms. The predicted octanol–water partition coefficient (Wildman–Crippen LogP) is 4.38. The van der Waals surface area contributed by atoms with Crippen LogP contribution in [0, 0.1) is 0 Å². The second-order valence-corrected chi connectivity index (χ2v) is 6.26. The summed E-state index contributed by atoms with van der Waals surface area (Å²) in [6.07, 6.45) is 4.15. The third-order valence-corrected chi connectivity index (χ3v) is 4.87. The molecule has 0 unspecified atom stereocenters. The van der Waals surface area contributed by atoms with Crippen LogP contribution in [0.3, 0.4) is 0 Å². The number of amides is 1. The molecule has 0 aliphatic heterocycles. The average molecular weight is 293 g/mol. The van der Waals surface area contributed by atoms with Gasteiger partial charge in [-0.05, 0) is 30.9 Å². The minimum atomic E-state index is -0.343. The van der Waals surface area contributed by atoms with Gasteiger partial charge < -0.3 is 5.32 Å². The Hall–Kier alpha value is -2.09. The molecule has 22 heavy (non-hydrogen) atoms. The van der Waals surface area contributed by atoms with E-state index in [-0.39, 0.29) is 17.4 Å². The van der Waals surface area contributed by atoms with E-state index >= 15 is 0 Å². The zero-order chi connectivity index (χ0) is 15.4. The topological polar surface area (TPSA) is 29.1 Å². The summed E-state index contributed by atoms with van der Waals surface area (Å²) in [6.45, 7) is 2.06. The monoisotopic (exact) mass is 293 g/mol. The van der Waals surface area contributed by atoms with Gasteiger partial charge in [0.2, 0.25) is 5.91 Å². The zero-order valence-corrected chi connectivity index (χ0v) is 13.1. The lowest BCUT2D eigenvalue weighted by Gasteiger charge is -2.30. The van der Waals surface area contributed by atoms with Crippen molar-refractivity contribution in [2.75, 3.05) is 0 Å². The summed E-state index contributed by atoms with van der Waals surface area (Å²) in [5, 5.41) is 3.24. The summed E-state index contributed by atoms with van der Waals surface area (Å²) < 4.78 is 0. The van der Waals surface area contributed by atoms with Crippen molar-refractivity contribution >= 4 is 5.91 Å². The van der Waals surface area contributed by atoms with Gasteiger partial charge in [-0.3, -0.25) is 4.79 Å². The van der Waals surface area contributed by atoms with Crippen molar-refractivity contribution in [3.8, 4) is 0 Å². The summed E-state index contributed by atoms with van der Waals surface area (Å²) in [5.74, 6) is 0.174. The number of carbonyl (C=O) groups is 1. The number of rotatable bonds is 4. The first-order valence-electron chi connectivity index (χ1n) is 8.14. The van der Waals surface area contributed by atoms with Gasteiger partial charge in [-0.25, -0.2) is 0 Å². The molecular formula is C20H23NO. The third kappa shape index (κ3) is 2.78. The minimum absolute atomic E-state index is 0.0369. The van der Waals surface area contributed by atoms with Crippen LogP contribution in [0.15, 0.2) is 60.7 Å². The Balaban J connectivity index is 1.82. The Labute approximate surface area is 132 Å². The molecule has 1 amide bonds. The number of nitrogens with one attached hydrogen (secondary N) is 1. The molecule has 1 fully saturated rings. The Morgan fingerprint density at radius 2 is 1.50 bits per heavy atom. The maximum Gasteiger partial charge on any atom is 0.231 e. The van der Waals surface area contributed by atoms with E-state index in [0.29, 0.717) is 0 Å². The zero-order valence-electron chi connectivity index (χ0n) is 13.1. The minimum Gasteiger partial charge on any atom is -0.349 e. The molecule has 0 saturated heterocycles. The highest BCUT2D eigenvalue weighted by Gasteiger charge is 2.42. The van der Waals surface area contributed by atoms with E-state index in [4.69, 9.17) is 0 Å². The molecule has 0 bridgehead atoms. The SMILES string of the molecule is C[C@H](NC(=O)C1(c2ccccc2)CCCC1)c1ccccc1. The molecule has 1 aliphatic rings. The fourth-order valence-corrected chi connectivity index (χ4v) is 3.54. The Morgan fingerprint density at radius 3 is 2.09 bits per heavy atom. The molecule has 2 aromatic rings. The molecule has 114 valence electrons. The second-order valence-electron chi connectivity index (χ2n) is 6.26. The molecule has 1 atom stereocenters. The van der Waals surface area contributed by atoms with Crippen molar-refractivity contribution in [1.29, 1.82) is 0 Å². The summed E-state index contributed by atoms with van der Waals surface area (Å²) in [5.41, 5.74) is 1.96. The van der Waals surface area contributed by atoms with Gasteiger partial charge in [0.15, 0.2) is 0 Å². The van der Waals surface area contributed by atoms with Crippen molar-refractivity contribution < 1.29 is 4.79 Å². The van der Waals surface area contributed by atoms with Gasteiger partial charge in [0, 0.05) is 0 Å². The van der Waals surface area contributed by atoms with E-state index in [0.717, 1.165) is 36.8 Å². The van der Waals surface area contributed by atoms with Crippen molar-refractivity contribution in [3.05, 3.63) is 71.8 Å². The lowest BCUT2D eigenvalue weighted by atomic mass is 9.77. The fourth-order valence-electron chi connectivity index (χ4n) is 3.54. The number of hydrogen-bond acceptors (Lipinski definition) is 1. The first-order valence-corrected chi connectivity index (χ1v) is 8.14. The van der Waals surface area contributed by atoms with Gasteiger partial charge in [0.05, 0.1) is 11.5 Å². The maximum atomic E-state index is 13.0. The molecule has 1 aliphatic carbocycles. The van der Waals surface area contributed by atoms with Crippen LogP contribution in [0.4, 0.5) is 0 Å². The van der Waals surface area contributed by atoms with Crippen molar-refractivity contribution in [2.24, 2.45) is 0 Å². The molecule has 1 N–H and O–H groups in total. The van der Waals surface area contributed by atoms with E-state index < -0.39 is 0 Å². The second kappa shape index (κ2) is 6.35. The van der Waals surface area contributed by atoms with E-state index in [2.05, 4.69) is 36.5 Å². The predicted molar refractivity (Wildman–Crippen MR) is 89.6 cm³/mol. The van der Waals surface area contributed by atoms with Gasteiger partial charge in [0.1, 0.15) is 0 Å². The van der Waals surface area contributed by atoms with Crippen molar-refractivity contribution in [2.45, 2.75) is 44.1 Å². The molecule has 0 aromatic heterocycles. The summed E-state index contributed by atoms with van der Waals surface area (Å²) in [6, 6.07) is 20.5. The first kappa shape index (κ1) is 14.8. The van der Waals surface area contributed by atoms with Crippen molar-refractivity contribution in [1.82, 2.24) is 5.32 Å². The van der Waals surface area contributed by atoms with Crippen LogP contribution < -0.4 is 5.32 Å². The van der Waals surface area contributed by atoms with Crippen LogP contribution in [-0.2, 0) is 10.2 Å². The smallest absolute Gasteiger partial charge is 0.231 e. The molecule has 0 radical (unpaired) electrons. The highest BCUT2D eigenvalue weighted by atomic mass is 16.2. The highest BCUT2D eigenvalue weighted by Crippen LogP contribution is 2.41. The summed E-state index contributed by atoms with van der Waals surface area (Å²) in [7, 11) is 0. The van der Waals surface area contributed by atoms with E-state index in [9.17, 15) is 4.79 Å². The Morgan fingerprint density at radius 1 is 0.955 bits per heavy atom. The quantitative estimate of drug-likeness (QED) is 0.890. The van der Waals surface area contributed by atoms with Crippen LogP contribution in [0.2, 0.25) is 0 Å². The lowest BCUT2D eigenvalue weighted by Crippen LogP contribution is -2.43. The highest BCUT2D eigenvalue weighted by molar-refractivity contribution is 5.88. The third-order valence-electron chi connectivity index (χ3n) is 4.87. The van der Waals surface area contributed by atoms with Crippen LogP contribution in [0.25, 0.3) is 0 Å². The van der Waals surface area contributed by atoms with Gasteiger partial charge in [-0.1, -0.05) is 73.5 Å². The van der Waals surface area contributed by atoms with Gasteiger partial charge >= 0.3 is 0 Å². The van der Waals surface area contributed by atoms with Gasteiger partial charge in [-0.15, -0.1) is 0 Å². The van der Waals surface area contributed by atoms with Crippen LogP contribution >= 0.6 is 0 Å². The molecule has 2 nitrogen and oxygen atoms in total. The standard InChI is InChI=1S/C20H23NO/c1-16(17-10-4-2-5-11-17)21-19(22)20(14-8-9-15-20)18-12-6-3-7-13-18/h2-7,10-13,16H,8-9,14-15H2,1H3,(H,21,22)/t16-/m0/s1.